The molecular formula is C51H30N4S2. The molecule has 4 aromatic heterocycles. The van der Waals surface area contributed by atoms with Crippen LogP contribution in [0.2, 0.25) is 0 Å². The van der Waals surface area contributed by atoms with Gasteiger partial charge in [-0.25, -0.2) is 15.0 Å². The molecular weight excluding hydrogens is 733 g/mol. The fourth-order valence-corrected chi connectivity index (χ4v) is 10.0. The number of fused-ring (bicyclic) bond motifs is 9. The summed E-state index contributed by atoms with van der Waals surface area (Å²) in [6.07, 6.45) is 0. The molecule has 8 aromatic carbocycles. The average molecular weight is 771 g/mol. The lowest BCUT2D eigenvalue weighted by molar-refractivity contribution is 1.06. The van der Waals surface area contributed by atoms with E-state index in [1.165, 1.54) is 12.1 Å². The molecule has 0 N–H and O–H groups in total. The third kappa shape index (κ3) is 5.15. The Hall–Kier alpha value is -6.99. The van der Waals surface area contributed by atoms with E-state index in [0.29, 0.717) is 38.1 Å². The van der Waals surface area contributed by atoms with Crippen LogP contribution in [0.4, 0.5) is 0 Å². The molecule has 12 aromatic rings. The van der Waals surface area contributed by atoms with Crippen LogP contribution in [0.25, 0.3) is 113 Å². The van der Waals surface area contributed by atoms with E-state index < -0.39 is 0 Å². The molecule has 12 rings (SSSR count). The quantitative estimate of drug-likeness (QED) is 0.175. The monoisotopic (exact) mass is 770 g/mol. The molecule has 57 heavy (non-hydrogen) atoms. The normalized spacial score (nSPS) is 13.8. The second-order valence-electron chi connectivity index (χ2n) is 13.7. The summed E-state index contributed by atoms with van der Waals surface area (Å²) in [7, 11) is 0. The molecule has 0 spiro atoms. The van der Waals surface area contributed by atoms with E-state index in [1.54, 1.807) is 15.9 Å². The Morgan fingerprint density at radius 2 is 1.12 bits per heavy atom. The van der Waals surface area contributed by atoms with Crippen molar-refractivity contribution >= 4 is 84.8 Å². The van der Waals surface area contributed by atoms with Crippen LogP contribution in [-0.2, 0) is 0 Å². The first-order valence-corrected chi connectivity index (χ1v) is 20.0. The Morgan fingerprint density at radius 1 is 0.421 bits per heavy atom. The molecule has 0 saturated heterocycles. The summed E-state index contributed by atoms with van der Waals surface area (Å²) in [5.74, 6) is 1.17. The second kappa shape index (κ2) is 12.8. The second-order valence-corrected chi connectivity index (χ2v) is 15.8. The van der Waals surface area contributed by atoms with E-state index in [4.69, 9.17) is 20.4 Å². The van der Waals surface area contributed by atoms with Gasteiger partial charge in [0, 0.05) is 67.8 Å². The first-order valence-electron chi connectivity index (χ1n) is 22.4. The Balaban J connectivity index is 1.25. The maximum absolute atomic E-state index is 9.99. The summed E-state index contributed by atoms with van der Waals surface area (Å²) < 4.78 is 78.3. The smallest absolute Gasteiger partial charge is 0.166 e. The van der Waals surface area contributed by atoms with Crippen molar-refractivity contribution in [3.63, 3.8) is 0 Å². The van der Waals surface area contributed by atoms with Gasteiger partial charge in [-0.3, -0.25) is 0 Å². The fraction of sp³-hybridized carbons (Fsp3) is 0. The molecule has 0 fully saturated rings. The molecule has 0 bridgehead atoms. The number of thiophene rings is 2. The first kappa shape index (κ1) is 25.2. The lowest BCUT2D eigenvalue weighted by atomic mass is 9.99. The van der Waals surface area contributed by atoms with Crippen LogP contribution >= 0.6 is 22.7 Å². The number of para-hydroxylation sites is 1. The highest BCUT2D eigenvalue weighted by Crippen LogP contribution is 2.44. The van der Waals surface area contributed by atoms with Crippen LogP contribution in [0, 0.1) is 0 Å². The van der Waals surface area contributed by atoms with Crippen molar-refractivity contribution in [3.8, 4) is 51.0 Å². The minimum Gasteiger partial charge on any atom is -0.308 e. The van der Waals surface area contributed by atoms with E-state index in [9.17, 15) is 5.48 Å². The minimum absolute atomic E-state index is 0.0197. The lowest BCUT2D eigenvalue weighted by Gasteiger charge is -2.16. The van der Waals surface area contributed by atoms with Crippen molar-refractivity contribution in [2.24, 2.45) is 0 Å². The Kier molecular flexibility index (Phi) is 5.66. The Morgan fingerprint density at radius 3 is 1.93 bits per heavy atom. The SMILES string of the molecule is [2H]c1cc([2H])c2sc3c([2H])c4c(c([2H])c3c2c1[2H])c1c([2H])c([2H])cc([2H])c1n4-c1ccc(-c2cccc3c2sc2ccccc23)cc1-c1nc(-c2ccccc2)nc(-c2ccccc2)n1. The van der Waals surface area contributed by atoms with Crippen LogP contribution in [0.3, 0.4) is 0 Å². The molecule has 0 radical (unpaired) electrons. The van der Waals surface area contributed by atoms with Crippen molar-refractivity contribution in [1.29, 1.82) is 0 Å². The zero-order valence-electron chi connectivity index (χ0n) is 37.8. The van der Waals surface area contributed by atoms with Gasteiger partial charge in [0.25, 0.3) is 0 Å². The molecule has 0 amide bonds. The maximum atomic E-state index is 9.99. The van der Waals surface area contributed by atoms with Crippen LogP contribution in [0.15, 0.2) is 182 Å². The van der Waals surface area contributed by atoms with Crippen molar-refractivity contribution < 1.29 is 11.0 Å². The van der Waals surface area contributed by atoms with Gasteiger partial charge in [0.2, 0.25) is 0 Å². The summed E-state index contributed by atoms with van der Waals surface area (Å²) >= 11 is 2.83. The molecule has 0 aliphatic heterocycles. The van der Waals surface area contributed by atoms with Gasteiger partial charge >= 0.3 is 0 Å². The molecule has 0 aliphatic rings. The van der Waals surface area contributed by atoms with E-state index in [-0.39, 0.29) is 80.9 Å². The fourth-order valence-electron chi connectivity index (χ4n) is 7.81. The van der Waals surface area contributed by atoms with Gasteiger partial charge < -0.3 is 4.57 Å². The molecule has 4 nitrogen and oxygen atoms in total. The molecule has 4 heterocycles. The van der Waals surface area contributed by atoms with Crippen molar-refractivity contribution in [2.75, 3.05) is 0 Å². The molecule has 6 heteroatoms. The van der Waals surface area contributed by atoms with E-state index >= 15 is 0 Å². The molecule has 0 saturated carbocycles. The van der Waals surface area contributed by atoms with E-state index in [1.807, 2.05) is 91.0 Å². The largest absolute Gasteiger partial charge is 0.308 e. The Labute approximate surface area is 346 Å². The van der Waals surface area contributed by atoms with Crippen molar-refractivity contribution in [1.82, 2.24) is 19.5 Å². The van der Waals surface area contributed by atoms with E-state index in [0.717, 1.165) is 53.8 Å². The maximum Gasteiger partial charge on any atom is 0.166 e. The molecule has 266 valence electrons. The van der Waals surface area contributed by atoms with Gasteiger partial charge in [-0.05, 0) is 53.5 Å². The van der Waals surface area contributed by atoms with Gasteiger partial charge in [0.05, 0.1) is 27.7 Å². The van der Waals surface area contributed by atoms with Gasteiger partial charge in [0.15, 0.2) is 17.5 Å². The summed E-state index contributed by atoms with van der Waals surface area (Å²) in [6.45, 7) is 0. The number of aromatic nitrogens is 4. The molecule has 0 unspecified atom stereocenters. The summed E-state index contributed by atoms with van der Waals surface area (Å²) in [5.41, 5.74) is 4.83. The van der Waals surface area contributed by atoms with Gasteiger partial charge in [-0.1, -0.05) is 139 Å². The standard InChI is InChI=1S/C51H30N4S2/c1-3-14-31(15-4-1)49-52-50(32-16-5-2-6-17-32)54-51(53-49)41-28-33(34-21-13-22-38-36-19-8-12-25-46(36)57-48(34)38)26-27-43(41)55-42-23-10-7-18-35(42)39-29-40-37-20-9-11-24-45(37)56-47(40)30-44(39)55/h1-30H/i7D,9D,18D,20D,23D,24D,29D,30D. The van der Waals surface area contributed by atoms with Crippen LogP contribution in [-0.4, -0.2) is 19.5 Å². The predicted molar refractivity (Wildman–Crippen MR) is 242 cm³/mol. The third-order valence-electron chi connectivity index (χ3n) is 10.4. The highest BCUT2D eigenvalue weighted by molar-refractivity contribution is 7.26. The van der Waals surface area contributed by atoms with Gasteiger partial charge in [0.1, 0.15) is 0 Å². The highest BCUT2D eigenvalue weighted by atomic mass is 32.1. The number of benzene rings is 8. The van der Waals surface area contributed by atoms with Crippen LogP contribution < -0.4 is 0 Å². The van der Waals surface area contributed by atoms with Gasteiger partial charge in [-0.15, -0.1) is 22.7 Å². The topological polar surface area (TPSA) is 43.6 Å². The molecule has 0 aliphatic carbocycles. The Bertz CT molecular complexity index is 3940. The zero-order valence-corrected chi connectivity index (χ0v) is 31.4. The number of nitrogens with zero attached hydrogens (tertiary/aromatic N) is 4. The van der Waals surface area contributed by atoms with Crippen LogP contribution in [0.5, 0.6) is 0 Å². The number of rotatable bonds is 5. The lowest BCUT2D eigenvalue weighted by Crippen LogP contribution is -2.04. The van der Waals surface area contributed by atoms with Crippen LogP contribution in [0.1, 0.15) is 11.0 Å². The van der Waals surface area contributed by atoms with E-state index in [2.05, 4.69) is 30.3 Å². The minimum atomic E-state index is -0.215. The summed E-state index contributed by atoms with van der Waals surface area (Å²) in [5, 5.41) is 3.07. The average Bonchev–Trinajstić information content (AvgIpc) is 4.04. The first-order chi connectivity index (χ1) is 31.6. The zero-order chi connectivity index (χ0) is 44.4. The third-order valence-corrected chi connectivity index (χ3v) is 12.7. The number of hydrogen-bond donors (Lipinski definition) is 0. The van der Waals surface area contributed by atoms with Crippen molar-refractivity contribution in [3.05, 3.63) is 182 Å². The van der Waals surface area contributed by atoms with Gasteiger partial charge in [-0.2, -0.15) is 0 Å². The predicted octanol–water partition coefficient (Wildman–Crippen LogP) is 14.4. The van der Waals surface area contributed by atoms with Crippen molar-refractivity contribution in [2.45, 2.75) is 0 Å². The highest BCUT2D eigenvalue weighted by Gasteiger charge is 2.22. The summed E-state index contributed by atoms with van der Waals surface area (Å²) in [4.78, 5) is 15.3. The number of hydrogen-bond acceptors (Lipinski definition) is 5. The summed E-state index contributed by atoms with van der Waals surface area (Å²) in [6, 6.07) is 41.5. The molecule has 0 atom stereocenters.